The molecule has 0 saturated carbocycles. The second-order valence-corrected chi connectivity index (χ2v) is 3.54. The van der Waals surface area contributed by atoms with Crippen LogP contribution in [0.3, 0.4) is 0 Å². The van der Waals surface area contributed by atoms with Gasteiger partial charge in [-0.3, -0.25) is 4.79 Å². The fraction of sp³-hybridized carbons (Fsp3) is 0.364. The second kappa shape index (κ2) is 6.40. The smallest absolute Gasteiger partial charge is 0.221 e. The molecule has 0 aliphatic heterocycles. The first-order valence-electron chi connectivity index (χ1n) is 4.79. The number of benzene rings is 1. The van der Waals surface area contributed by atoms with Crippen molar-refractivity contribution in [2.75, 3.05) is 12.4 Å². The molecule has 15 heavy (non-hydrogen) atoms. The third kappa shape index (κ3) is 4.79. The lowest BCUT2D eigenvalue weighted by molar-refractivity contribution is -0.120. The van der Waals surface area contributed by atoms with E-state index >= 15 is 0 Å². The van der Waals surface area contributed by atoms with Crippen molar-refractivity contribution in [1.29, 1.82) is 0 Å². The molecule has 0 unspecified atom stereocenters. The first-order valence-corrected chi connectivity index (χ1v) is 5.33. The molecular weight excluding hydrogens is 217 g/mol. The largest absolute Gasteiger partial charge is 0.356 e. The number of carbonyl (C=O) groups excluding carboxylic acids is 1. The summed E-state index contributed by atoms with van der Waals surface area (Å²) in [6, 6.07) is 6.25. The van der Waals surface area contributed by atoms with Crippen molar-refractivity contribution in [3.63, 3.8) is 0 Å². The van der Waals surface area contributed by atoms with Gasteiger partial charge in [0.1, 0.15) is 5.82 Å². The summed E-state index contributed by atoms with van der Waals surface area (Å²) in [7, 11) is 0. The Morgan fingerprint density at radius 3 is 2.60 bits per heavy atom. The van der Waals surface area contributed by atoms with E-state index in [9.17, 15) is 9.18 Å². The lowest BCUT2D eigenvalue weighted by Gasteiger charge is -2.03. The number of carbonyl (C=O) groups is 1. The highest BCUT2D eigenvalue weighted by molar-refractivity contribution is 6.18. The quantitative estimate of drug-likeness (QED) is 0.770. The molecule has 0 heterocycles. The number of nitrogens with one attached hydrogen (secondary N) is 1. The van der Waals surface area contributed by atoms with Crippen molar-refractivity contribution in [3.8, 4) is 0 Å². The number of hydrogen-bond donors (Lipinski definition) is 1. The molecule has 0 bridgehead atoms. The molecule has 0 aliphatic carbocycles. The molecule has 0 aliphatic rings. The Balaban J connectivity index is 2.26. The molecule has 0 radical (unpaired) electrons. The monoisotopic (exact) mass is 229 g/mol. The van der Waals surface area contributed by atoms with Crippen LogP contribution < -0.4 is 5.32 Å². The Labute approximate surface area is 93.4 Å². The second-order valence-electron chi connectivity index (χ2n) is 3.17. The Morgan fingerprint density at radius 1 is 1.33 bits per heavy atom. The molecule has 0 fully saturated rings. The molecule has 82 valence electrons. The maximum atomic E-state index is 12.6. The third-order valence-corrected chi connectivity index (χ3v) is 2.16. The Morgan fingerprint density at radius 2 is 2.00 bits per heavy atom. The highest BCUT2D eigenvalue weighted by atomic mass is 35.5. The van der Waals surface area contributed by atoms with Gasteiger partial charge in [-0.25, -0.2) is 4.39 Å². The molecular formula is C11H13ClFNO. The van der Waals surface area contributed by atoms with E-state index in [1.807, 2.05) is 0 Å². The molecule has 0 aromatic heterocycles. The van der Waals surface area contributed by atoms with Crippen molar-refractivity contribution in [2.45, 2.75) is 12.8 Å². The van der Waals surface area contributed by atoms with E-state index in [0.717, 1.165) is 5.56 Å². The van der Waals surface area contributed by atoms with E-state index in [1.165, 1.54) is 12.1 Å². The summed E-state index contributed by atoms with van der Waals surface area (Å²) < 4.78 is 12.6. The van der Waals surface area contributed by atoms with Gasteiger partial charge in [0.15, 0.2) is 0 Å². The topological polar surface area (TPSA) is 29.1 Å². The van der Waals surface area contributed by atoms with Crippen LogP contribution in [0.2, 0.25) is 0 Å². The van der Waals surface area contributed by atoms with Gasteiger partial charge in [0.25, 0.3) is 0 Å². The number of hydrogen-bond acceptors (Lipinski definition) is 1. The van der Waals surface area contributed by atoms with Crippen LogP contribution >= 0.6 is 11.6 Å². The van der Waals surface area contributed by atoms with Gasteiger partial charge < -0.3 is 5.32 Å². The summed E-state index contributed by atoms with van der Waals surface area (Å²) in [5.41, 5.74) is 1.00. The van der Waals surface area contributed by atoms with Crippen molar-refractivity contribution in [3.05, 3.63) is 35.6 Å². The first kappa shape index (κ1) is 12.0. The van der Waals surface area contributed by atoms with Crippen molar-refractivity contribution >= 4 is 17.5 Å². The van der Waals surface area contributed by atoms with Crippen molar-refractivity contribution in [2.24, 2.45) is 0 Å². The summed E-state index contributed by atoms with van der Waals surface area (Å²) in [6.07, 6.45) is 1.04. The summed E-state index contributed by atoms with van der Waals surface area (Å²) in [5.74, 6) is 0.0413. The summed E-state index contributed by atoms with van der Waals surface area (Å²) in [6.45, 7) is 0.557. The van der Waals surface area contributed by atoms with Crippen LogP contribution in [-0.2, 0) is 11.2 Å². The van der Waals surface area contributed by atoms with E-state index < -0.39 is 0 Å². The van der Waals surface area contributed by atoms with Crippen molar-refractivity contribution in [1.82, 2.24) is 5.32 Å². The standard InChI is InChI=1S/C11H13ClFNO/c12-7-5-11(15)14-8-6-9-1-3-10(13)4-2-9/h1-4H,5-8H2,(H,14,15). The molecule has 1 aromatic rings. The lowest BCUT2D eigenvalue weighted by Crippen LogP contribution is -2.25. The maximum absolute atomic E-state index is 12.6. The third-order valence-electron chi connectivity index (χ3n) is 1.97. The van der Waals surface area contributed by atoms with Crippen LogP contribution in [0.25, 0.3) is 0 Å². The molecule has 1 rings (SSSR count). The number of halogens is 2. The summed E-state index contributed by atoms with van der Waals surface area (Å²) in [5, 5.41) is 2.73. The lowest BCUT2D eigenvalue weighted by atomic mass is 10.1. The van der Waals surface area contributed by atoms with E-state index in [0.29, 0.717) is 25.3 Å². The van der Waals surface area contributed by atoms with Gasteiger partial charge in [0.05, 0.1) is 0 Å². The summed E-state index contributed by atoms with van der Waals surface area (Å²) >= 11 is 5.41. The van der Waals surface area contributed by atoms with Crippen LogP contribution in [0, 0.1) is 5.82 Å². The van der Waals surface area contributed by atoms with Gasteiger partial charge in [-0.15, -0.1) is 11.6 Å². The van der Waals surface area contributed by atoms with Gasteiger partial charge in [-0.1, -0.05) is 12.1 Å². The zero-order valence-corrected chi connectivity index (χ0v) is 9.06. The Bertz CT molecular complexity index is 313. The maximum Gasteiger partial charge on any atom is 0.221 e. The van der Waals surface area contributed by atoms with Gasteiger partial charge in [-0.2, -0.15) is 0 Å². The number of alkyl halides is 1. The Hall–Kier alpha value is -1.09. The van der Waals surface area contributed by atoms with Crippen LogP contribution in [0.4, 0.5) is 4.39 Å². The summed E-state index contributed by atoms with van der Waals surface area (Å²) in [4.78, 5) is 11.0. The fourth-order valence-corrected chi connectivity index (χ4v) is 1.34. The van der Waals surface area contributed by atoms with Gasteiger partial charge in [-0.05, 0) is 24.1 Å². The first-order chi connectivity index (χ1) is 7.22. The molecule has 0 spiro atoms. The molecule has 0 atom stereocenters. The number of amides is 1. The minimum absolute atomic E-state index is 0.0490. The van der Waals surface area contributed by atoms with Gasteiger partial charge >= 0.3 is 0 Å². The minimum atomic E-state index is -0.245. The highest BCUT2D eigenvalue weighted by Gasteiger charge is 1.99. The van der Waals surface area contributed by atoms with E-state index in [4.69, 9.17) is 11.6 Å². The van der Waals surface area contributed by atoms with Crippen LogP contribution in [0.15, 0.2) is 24.3 Å². The Kier molecular flexibility index (Phi) is 5.12. The van der Waals surface area contributed by atoms with Gasteiger partial charge in [0, 0.05) is 18.8 Å². The van der Waals surface area contributed by atoms with Crippen LogP contribution in [0.5, 0.6) is 0 Å². The SMILES string of the molecule is O=C(CCCl)NCCc1ccc(F)cc1. The normalized spacial score (nSPS) is 10.0. The van der Waals surface area contributed by atoms with E-state index in [1.54, 1.807) is 12.1 Å². The average Bonchev–Trinajstić information content (AvgIpc) is 2.21. The molecule has 4 heteroatoms. The van der Waals surface area contributed by atoms with E-state index in [2.05, 4.69) is 5.32 Å². The highest BCUT2D eigenvalue weighted by Crippen LogP contribution is 2.02. The predicted molar refractivity (Wildman–Crippen MR) is 58.5 cm³/mol. The molecule has 2 nitrogen and oxygen atoms in total. The zero-order valence-electron chi connectivity index (χ0n) is 8.30. The van der Waals surface area contributed by atoms with Crippen LogP contribution in [-0.4, -0.2) is 18.3 Å². The zero-order chi connectivity index (χ0) is 11.1. The molecule has 1 aromatic carbocycles. The average molecular weight is 230 g/mol. The molecule has 0 saturated heterocycles. The number of rotatable bonds is 5. The van der Waals surface area contributed by atoms with Crippen LogP contribution in [0.1, 0.15) is 12.0 Å². The van der Waals surface area contributed by atoms with E-state index in [-0.39, 0.29) is 11.7 Å². The van der Waals surface area contributed by atoms with Gasteiger partial charge in [0.2, 0.25) is 5.91 Å². The molecule has 1 amide bonds. The fourth-order valence-electron chi connectivity index (χ4n) is 1.17. The molecule has 1 N–H and O–H groups in total. The minimum Gasteiger partial charge on any atom is -0.356 e. The predicted octanol–water partition coefficient (Wildman–Crippen LogP) is 2.11. The van der Waals surface area contributed by atoms with Crippen molar-refractivity contribution < 1.29 is 9.18 Å².